The summed E-state index contributed by atoms with van der Waals surface area (Å²) < 4.78 is 25.1. The van der Waals surface area contributed by atoms with E-state index in [9.17, 15) is 19.1 Å². The Morgan fingerprint density at radius 1 is 1.15 bits per heavy atom. The number of hydrogen-bond acceptors (Lipinski definition) is 7. The number of ketones is 1. The molecular formula is C29H22ClFN4O5. The minimum atomic E-state index is -1.07. The van der Waals surface area contributed by atoms with E-state index in [4.69, 9.17) is 20.8 Å². The Kier molecular flexibility index (Phi) is 5.99. The number of ether oxygens (including phenoxy) is 1. The SMILES string of the molecule is COc1cc(Cl)cc2cc(C(=O)C3=C(O)C(=O)N(c4nc5ccc(F)cc5[nH]4)C3c3ccc(N(C)C)cc3)oc12. The first kappa shape index (κ1) is 25.4. The van der Waals surface area contributed by atoms with E-state index in [1.165, 1.54) is 36.3 Å². The molecular weight excluding hydrogens is 539 g/mol. The van der Waals surface area contributed by atoms with Gasteiger partial charge < -0.3 is 24.1 Å². The summed E-state index contributed by atoms with van der Waals surface area (Å²) in [5.74, 6) is -2.53. The number of halogens is 2. The Morgan fingerprint density at radius 3 is 2.60 bits per heavy atom. The minimum absolute atomic E-state index is 0.0414. The first-order chi connectivity index (χ1) is 19.2. The number of hydrogen-bond donors (Lipinski definition) is 2. The van der Waals surface area contributed by atoms with Crippen LogP contribution in [0.15, 0.2) is 76.4 Å². The predicted octanol–water partition coefficient (Wildman–Crippen LogP) is 5.96. The molecule has 11 heteroatoms. The molecule has 0 radical (unpaired) electrons. The first-order valence-electron chi connectivity index (χ1n) is 12.2. The molecule has 3 aromatic carbocycles. The van der Waals surface area contributed by atoms with Gasteiger partial charge in [0.05, 0.1) is 29.8 Å². The van der Waals surface area contributed by atoms with Crippen molar-refractivity contribution in [1.82, 2.24) is 9.97 Å². The van der Waals surface area contributed by atoms with Crippen molar-refractivity contribution in [2.75, 3.05) is 31.0 Å². The van der Waals surface area contributed by atoms with E-state index in [1.807, 2.05) is 31.1 Å². The third-order valence-electron chi connectivity index (χ3n) is 6.83. The van der Waals surface area contributed by atoms with Crippen LogP contribution < -0.4 is 14.5 Å². The number of anilines is 2. The molecule has 0 saturated heterocycles. The fourth-order valence-corrected chi connectivity index (χ4v) is 5.11. The molecule has 9 nitrogen and oxygen atoms in total. The van der Waals surface area contributed by atoms with Gasteiger partial charge in [-0.2, -0.15) is 0 Å². The number of carbonyl (C=O) groups is 2. The lowest BCUT2D eigenvalue weighted by Gasteiger charge is -2.25. The van der Waals surface area contributed by atoms with Crippen LogP contribution in [-0.4, -0.2) is 48.0 Å². The lowest BCUT2D eigenvalue weighted by Crippen LogP contribution is -2.32. The average Bonchev–Trinajstić information content (AvgIpc) is 3.61. The molecule has 1 amide bonds. The number of benzene rings is 3. The summed E-state index contributed by atoms with van der Waals surface area (Å²) >= 11 is 6.18. The number of furan rings is 1. The average molecular weight is 561 g/mol. The Morgan fingerprint density at radius 2 is 1.90 bits per heavy atom. The number of aromatic nitrogens is 2. The summed E-state index contributed by atoms with van der Waals surface area (Å²) in [5, 5.41) is 12.0. The minimum Gasteiger partial charge on any atom is -0.503 e. The van der Waals surface area contributed by atoms with E-state index in [-0.39, 0.29) is 17.3 Å². The third kappa shape index (κ3) is 4.04. The standard InChI is InChI=1S/C29H22ClFN4O5/c1-34(2)18-7-4-14(5-8-18)24-23(25(36)21-11-15-10-16(30)12-22(39-3)27(15)40-21)26(37)28(38)35(24)29-32-19-9-6-17(31)13-20(19)33-29/h4-13,24,37H,1-3H3,(H,32,33). The molecule has 1 aliphatic heterocycles. The monoisotopic (exact) mass is 560 g/mol. The number of amides is 1. The van der Waals surface area contributed by atoms with Gasteiger partial charge in [0.25, 0.3) is 5.91 Å². The quantitative estimate of drug-likeness (QED) is 0.246. The highest BCUT2D eigenvalue weighted by molar-refractivity contribution is 6.31. The van der Waals surface area contributed by atoms with E-state index >= 15 is 0 Å². The molecule has 2 N–H and O–H groups in total. The predicted molar refractivity (Wildman–Crippen MR) is 149 cm³/mol. The van der Waals surface area contributed by atoms with Crippen LogP contribution in [0.3, 0.4) is 0 Å². The maximum atomic E-state index is 14.0. The van der Waals surface area contributed by atoms with Crippen molar-refractivity contribution in [3.8, 4) is 5.75 Å². The lowest BCUT2D eigenvalue weighted by atomic mass is 9.95. The van der Waals surface area contributed by atoms with Crippen LogP contribution in [0.2, 0.25) is 5.02 Å². The topological polar surface area (TPSA) is 112 Å². The Hall–Kier alpha value is -4.83. The Labute approximate surface area is 232 Å². The van der Waals surface area contributed by atoms with Gasteiger partial charge in [0.2, 0.25) is 11.7 Å². The van der Waals surface area contributed by atoms with Gasteiger partial charge in [0.1, 0.15) is 5.82 Å². The number of imidazole rings is 1. The maximum absolute atomic E-state index is 14.0. The fourth-order valence-electron chi connectivity index (χ4n) is 4.89. The molecule has 0 spiro atoms. The van der Waals surface area contributed by atoms with Crippen LogP contribution in [0, 0.1) is 5.82 Å². The van der Waals surface area contributed by atoms with Crippen LogP contribution in [0.25, 0.3) is 22.0 Å². The van der Waals surface area contributed by atoms with Gasteiger partial charge in [-0.05, 0) is 48.0 Å². The highest BCUT2D eigenvalue weighted by atomic mass is 35.5. The molecule has 0 fully saturated rings. The van der Waals surface area contributed by atoms with E-state index in [0.29, 0.717) is 38.3 Å². The molecule has 3 heterocycles. The number of Topliss-reactive ketones (excluding diaryl/α,β-unsaturated/α-hetero) is 1. The number of aliphatic hydroxyl groups excluding tert-OH is 1. The van der Waals surface area contributed by atoms with E-state index in [0.717, 1.165) is 5.69 Å². The Balaban J connectivity index is 1.51. The summed E-state index contributed by atoms with van der Waals surface area (Å²) in [5.41, 5.74) is 2.29. The number of aliphatic hydroxyl groups is 1. The maximum Gasteiger partial charge on any atom is 0.296 e. The lowest BCUT2D eigenvalue weighted by molar-refractivity contribution is -0.117. The second-order valence-electron chi connectivity index (χ2n) is 9.51. The van der Waals surface area contributed by atoms with Crippen molar-refractivity contribution in [3.63, 3.8) is 0 Å². The molecule has 40 heavy (non-hydrogen) atoms. The fraction of sp³-hybridized carbons (Fsp3) is 0.138. The van der Waals surface area contributed by atoms with Crippen LogP contribution in [-0.2, 0) is 4.79 Å². The molecule has 0 saturated carbocycles. The van der Waals surface area contributed by atoms with Crippen molar-refractivity contribution < 1.29 is 28.2 Å². The molecule has 6 rings (SSSR count). The smallest absolute Gasteiger partial charge is 0.296 e. The normalized spacial score (nSPS) is 15.5. The zero-order valence-electron chi connectivity index (χ0n) is 21.5. The van der Waals surface area contributed by atoms with E-state index in [1.54, 1.807) is 24.3 Å². The van der Waals surface area contributed by atoms with Gasteiger partial charge in [-0.15, -0.1) is 0 Å². The number of carbonyl (C=O) groups excluding carboxylic acids is 2. The van der Waals surface area contributed by atoms with Gasteiger partial charge >= 0.3 is 0 Å². The van der Waals surface area contributed by atoms with Gasteiger partial charge in [0.15, 0.2) is 22.9 Å². The second-order valence-corrected chi connectivity index (χ2v) is 9.95. The molecule has 202 valence electrons. The Bertz CT molecular complexity index is 1860. The molecule has 1 aliphatic rings. The van der Waals surface area contributed by atoms with Crippen LogP contribution in [0.4, 0.5) is 16.0 Å². The third-order valence-corrected chi connectivity index (χ3v) is 7.05. The van der Waals surface area contributed by atoms with Gasteiger partial charge in [0, 0.05) is 36.3 Å². The molecule has 0 bridgehead atoms. The number of H-pyrrole nitrogens is 1. The zero-order valence-corrected chi connectivity index (χ0v) is 22.3. The summed E-state index contributed by atoms with van der Waals surface area (Å²) in [4.78, 5) is 38.0. The molecule has 5 aromatic rings. The number of nitrogens with zero attached hydrogens (tertiary/aromatic N) is 3. The summed E-state index contributed by atoms with van der Waals surface area (Å²) in [6.07, 6.45) is 0. The number of fused-ring (bicyclic) bond motifs is 2. The van der Waals surface area contributed by atoms with Crippen molar-refractivity contribution in [2.45, 2.75) is 6.04 Å². The van der Waals surface area contributed by atoms with Crippen molar-refractivity contribution in [1.29, 1.82) is 0 Å². The number of nitrogens with one attached hydrogen (secondary N) is 1. The number of aromatic amines is 1. The van der Waals surface area contributed by atoms with Crippen molar-refractivity contribution >= 4 is 56.9 Å². The van der Waals surface area contributed by atoms with Gasteiger partial charge in [-0.1, -0.05) is 23.7 Å². The molecule has 1 atom stereocenters. The largest absolute Gasteiger partial charge is 0.503 e. The van der Waals surface area contributed by atoms with Crippen molar-refractivity contribution in [2.24, 2.45) is 0 Å². The van der Waals surface area contributed by atoms with Crippen LogP contribution >= 0.6 is 11.6 Å². The molecule has 1 unspecified atom stereocenters. The van der Waals surface area contributed by atoms with Crippen molar-refractivity contribution in [3.05, 3.63) is 94.2 Å². The summed E-state index contributed by atoms with van der Waals surface area (Å²) in [6.45, 7) is 0. The zero-order chi connectivity index (χ0) is 28.3. The van der Waals surface area contributed by atoms with Crippen LogP contribution in [0.1, 0.15) is 22.2 Å². The van der Waals surface area contributed by atoms with Gasteiger partial charge in [-0.25, -0.2) is 9.37 Å². The molecule has 2 aromatic heterocycles. The number of methoxy groups -OCH3 is 1. The van der Waals surface area contributed by atoms with E-state index in [2.05, 4.69) is 9.97 Å². The summed E-state index contributed by atoms with van der Waals surface area (Å²) in [7, 11) is 5.22. The molecule has 0 aliphatic carbocycles. The summed E-state index contributed by atoms with van der Waals surface area (Å²) in [6, 6.07) is 14.7. The second kappa shape index (κ2) is 9.42. The number of rotatable bonds is 6. The first-order valence-corrected chi connectivity index (χ1v) is 12.5. The van der Waals surface area contributed by atoms with Gasteiger partial charge in [-0.3, -0.25) is 14.5 Å². The van der Waals surface area contributed by atoms with Crippen LogP contribution in [0.5, 0.6) is 5.75 Å². The highest BCUT2D eigenvalue weighted by Crippen LogP contribution is 2.43. The van der Waals surface area contributed by atoms with E-state index < -0.39 is 29.3 Å². The highest BCUT2D eigenvalue weighted by Gasteiger charge is 2.46.